The SMILES string of the molecule is CCCn1cc(S(=O)(=O)Cl)c(C(=O)O)n1. The summed E-state index contributed by atoms with van der Waals surface area (Å²) in [5.74, 6) is -1.41. The Morgan fingerprint density at radius 3 is 2.60 bits per heavy atom. The van der Waals surface area contributed by atoms with Crippen molar-refractivity contribution in [1.82, 2.24) is 9.78 Å². The first-order valence-electron chi connectivity index (χ1n) is 4.11. The molecule has 1 N–H and O–H groups in total. The lowest BCUT2D eigenvalue weighted by atomic mass is 10.4. The Labute approximate surface area is 90.9 Å². The van der Waals surface area contributed by atoms with Crippen LogP contribution in [0, 0.1) is 0 Å². The molecule has 1 aromatic rings. The molecule has 84 valence electrons. The van der Waals surface area contributed by atoms with Crippen LogP contribution in [0.5, 0.6) is 0 Å². The van der Waals surface area contributed by atoms with E-state index in [-0.39, 0.29) is 0 Å². The number of nitrogens with zero attached hydrogens (tertiary/aromatic N) is 2. The van der Waals surface area contributed by atoms with Crippen molar-refractivity contribution in [3.05, 3.63) is 11.9 Å². The van der Waals surface area contributed by atoms with Gasteiger partial charge in [-0.2, -0.15) is 5.10 Å². The van der Waals surface area contributed by atoms with Crippen molar-refractivity contribution < 1.29 is 18.3 Å². The second-order valence-corrected chi connectivity index (χ2v) is 5.38. The molecule has 0 aromatic carbocycles. The van der Waals surface area contributed by atoms with Gasteiger partial charge in [0, 0.05) is 23.4 Å². The number of hydrogen-bond acceptors (Lipinski definition) is 4. The van der Waals surface area contributed by atoms with Gasteiger partial charge in [-0.15, -0.1) is 0 Å². The van der Waals surface area contributed by atoms with Crippen LogP contribution in [0.3, 0.4) is 0 Å². The van der Waals surface area contributed by atoms with Crippen LogP contribution in [0.1, 0.15) is 23.8 Å². The summed E-state index contributed by atoms with van der Waals surface area (Å²) in [5, 5.41) is 12.3. The summed E-state index contributed by atoms with van der Waals surface area (Å²) in [5.41, 5.74) is -0.543. The van der Waals surface area contributed by atoms with E-state index in [9.17, 15) is 13.2 Å². The van der Waals surface area contributed by atoms with Gasteiger partial charge in [0.05, 0.1) is 0 Å². The summed E-state index contributed by atoms with van der Waals surface area (Å²) < 4.78 is 23.3. The van der Waals surface area contributed by atoms with E-state index < -0.39 is 25.6 Å². The van der Waals surface area contributed by atoms with E-state index in [1.165, 1.54) is 4.68 Å². The number of carboxylic acid groups (broad SMARTS) is 1. The highest BCUT2D eigenvalue weighted by molar-refractivity contribution is 8.13. The summed E-state index contributed by atoms with van der Waals surface area (Å²) >= 11 is 0. The van der Waals surface area contributed by atoms with Gasteiger partial charge in [-0.25, -0.2) is 13.2 Å². The van der Waals surface area contributed by atoms with Crippen LogP contribution in [-0.2, 0) is 15.6 Å². The van der Waals surface area contributed by atoms with E-state index >= 15 is 0 Å². The smallest absolute Gasteiger partial charge is 0.357 e. The normalized spacial score (nSPS) is 11.6. The lowest BCUT2D eigenvalue weighted by molar-refractivity contribution is 0.0685. The second kappa shape index (κ2) is 4.19. The van der Waals surface area contributed by atoms with Crippen molar-refractivity contribution in [2.24, 2.45) is 0 Å². The lowest BCUT2D eigenvalue weighted by Crippen LogP contribution is -2.04. The predicted molar refractivity (Wildman–Crippen MR) is 52.5 cm³/mol. The molecule has 0 saturated carbocycles. The van der Waals surface area contributed by atoms with E-state index in [1.54, 1.807) is 0 Å². The van der Waals surface area contributed by atoms with Gasteiger partial charge in [0.15, 0.2) is 5.69 Å². The maximum absolute atomic E-state index is 11.0. The molecule has 0 saturated heterocycles. The minimum absolute atomic E-state index is 0.437. The molecule has 0 aliphatic heterocycles. The number of rotatable bonds is 4. The highest BCUT2D eigenvalue weighted by atomic mass is 35.7. The van der Waals surface area contributed by atoms with E-state index in [4.69, 9.17) is 15.8 Å². The average molecular weight is 253 g/mol. The van der Waals surface area contributed by atoms with Crippen molar-refractivity contribution in [2.75, 3.05) is 0 Å². The maximum atomic E-state index is 11.0. The summed E-state index contributed by atoms with van der Waals surface area (Å²) in [6.07, 6.45) is 1.83. The quantitative estimate of drug-likeness (QED) is 0.805. The van der Waals surface area contributed by atoms with Crippen molar-refractivity contribution in [3.63, 3.8) is 0 Å². The fraction of sp³-hybridized carbons (Fsp3) is 0.429. The van der Waals surface area contributed by atoms with Gasteiger partial charge in [0.1, 0.15) is 4.90 Å². The summed E-state index contributed by atoms with van der Waals surface area (Å²) in [6.45, 7) is 2.30. The second-order valence-electron chi connectivity index (χ2n) is 2.85. The molecule has 0 fully saturated rings. The Balaban J connectivity index is 3.30. The Kier molecular flexibility index (Phi) is 3.35. The van der Waals surface area contributed by atoms with Crippen molar-refractivity contribution in [2.45, 2.75) is 24.8 Å². The van der Waals surface area contributed by atoms with Crippen LogP contribution in [-0.4, -0.2) is 29.3 Å². The molecule has 8 heteroatoms. The third-order valence-electron chi connectivity index (χ3n) is 1.65. The number of carboxylic acids is 1. The lowest BCUT2D eigenvalue weighted by Gasteiger charge is -1.93. The molecule has 1 heterocycles. The Bertz CT molecular complexity index is 479. The van der Waals surface area contributed by atoms with E-state index in [0.29, 0.717) is 13.0 Å². The molecule has 0 amide bonds. The molecular formula is C7H9ClN2O4S. The highest BCUT2D eigenvalue weighted by Gasteiger charge is 2.24. The summed E-state index contributed by atoms with van der Waals surface area (Å²) in [4.78, 5) is 10.2. The first kappa shape index (κ1) is 12.0. The minimum atomic E-state index is -4.07. The number of aryl methyl sites for hydroxylation is 1. The van der Waals surface area contributed by atoms with Crippen molar-refractivity contribution in [1.29, 1.82) is 0 Å². The van der Waals surface area contributed by atoms with Gasteiger partial charge >= 0.3 is 5.97 Å². The van der Waals surface area contributed by atoms with Crippen LogP contribution in [0.4, 0.5) is 0 Å². The minimum Gasteiger partial charge on any atom is -0.476 e. The molecule has 1 rings (SSSR count). The number of hydrogen-bond donors (Lipinski definition) is 1. The van der Waals surface area contributed by atoms with Gasteiger partial charge in [-0.1, -0.05) is 6.92 Å². The average Bonchev–Trinajstić information content (AvgIpc) is 2.48. The molecule has 6 nitrogen and oxygen atoms in total. The monoisotopic (exact) mass is 252 g/mol. The Morgan fingerprint density at radius 2 is 2.27 bits per heavy atom. The fourth-order valence-electron chi connectivity index (χ4n) is 1.07. The van der Waals surface area contributed by atoms with Gasteiger partial charge in [0.2, 0.25) is 0 Å². The van der Waals surface area contributed by atoms with Crippen LogP contribution in [0.2, 0.25) is 0 Å². The largest absolute Gasteiger partial charge is 0.476 e. The first-order valence-corrected chi connectivity index (χ1v) is 6.42. The predicted octanol–water partition coefficient (Wildman–Crippen LogP) is 0.919. The topological polar surface area (TPSA) is 89.3 Å². The molecule has 15 heavy (non-hydrogen) atoms. The Hall–Kier alpha value is -1.08. The zero-order valence-electron chi connectivity index (χ0n) is 7.84. The third-order valence-corrected chi connectivity index (χ3v) is 2.97. The fourth-order valence-corrected chi connectivity index (χ4v) is 2.02. The van der Waals surface area contributed by atoms with Gasteiger partial charge < -0.3 is 5.11 Å². The molecule has 1 aromatic heterocycles. The van der Waals surface area contributed by atoms with Crippen LogP contribution in [0.25, 0.3) is 0 Å². The summed E-state index contributed by atoms with van der Waals surface area (Å²) in [6, 6.07) is 0. The van der Waals surface area contributed by atoms with Gasteiger partial charge in [-0.05, 0) is 6.42 Å². The van der Waals surface area contributed by atoms with Gasteiger partial charge in [-0.3, -0.25) is 4.68 Å². The zero-order chi connectivity index (χ0) is 11.6. The molecular weight excluding hydrogens is 244 g/mol. The molecule has 0 unspecified atom stereocenters. The van der Waals surface area contributed by atoms with Crippen LogP contribution >= 0.6 is 10.7 Å². The van der Waals surface area contributed by atoms with E-state index in [1.807, 2.05) is 6.92 Å². The molecule has 0 spiro atoms. The molecule has 0 aliphatic carbocycles. The van der Waals surface area contributed by atoms with Crippen molar-refractivity contribution >= 4 is 25.7 Å². The molecule has 0 aliphatic rings. The number of carbonyl (C=O) groups is 1. The summed E-state index contributed by atoms with van der Waals surface area (Å²) in [7, 11) is 1.01. The van der Waals surface area contributed by atoms with Crippen LogP contribution < -0.4 is 0 Å². The van der Waals surface area contributed by atoms with Crippen LogP contribution in [0.15, 0.2) is 11.1 Å². The molecule has 0 radical (unpaired) electrons. The van der Waals surface area contributed by atoms with Gasteiger partial charge in [0.25, 0.3) is 9.05 Å². The highest BCUT2D eigenvalue weighted by Crippen LogP contribution is 2.19. The number of halogens is 1. The Morgan fingerprint density at radius 1 is 1.67 bits per heavy atom. The standard InChI is InChI=1S/C7H9ClN2O4S/c1-2-3-10-4-5(15(8,13)14)6(9-10)7(11)12/h4H,2-3H2,1H3,(H,11,12). The van der Waals surface area contributed by atoms with Crippen molar-refractivity contribution in [3.8, 4) is 0 Å². The molecule has 0 atom stereocenters. The number of aromatic carboxylic acids is 1. The molecule has 0 bridgehead atoms. The maximum Gasteiger partial charge on any atom is 0.357 e. The first-order chi connectivity index (χ1) is 6.86. The van der Waals surface area contributed by atoms with E-state index in [0.717, 1.165) is 6.20 Å². The third kappa shape index (κ3) is 2.69. The van der Waals surface area contributed by atoms with E-state index in [2.05, 4.69) is 5.10 Å². The number of aromatic nitrogens is 2. The zero-order valence-corrected chi connectivity index (χ0v) is 9.42.